The van der Waals surface area contributed by atoms with Gasteiger partial charge in [0.25, 0.3) is 0 Å². The van der Waals surface area contributed by atoms with Crippen LogP contribution in [0.1, 0.15) is 65.3 Å². The third-order valence-corrected chi connectivity index (χ3v) is 4.22. The fraction of sp³-hybridized carbons (Fsp3) is 0.824. The van der Waals surface area contributed by atoms with Gasteiger partial charge in [0, 0.05) is 18.2 Å². The predicted octanol–water partition coefficient (Wildman–Crippen LogP) is 3.57. The van der Waals surface area contributed by atoms with E-state index in [1.54, 1.807) is 0 Å². The molecule has 0 aromatic carbocycles. The zero-order chi connectivity index (χ0) is 15.5. The van der Waals surface area contributed by atoms with Gasteiger partial charge in [-0.15, -0.1) is 0 Å². The number of nitrogens with one attached hydrogen (secondary N) is 1. The maximum atomic E-state index is 5.49. The van der Waals surface area contributed by atoms with Gasteiger partial charge in [0.2, 0.25) is 0 Å². The Balaban J connectivity index is 1.85. The first-order chi connectivity index (χ1) is 9.73. The van der Waals surface area contributed by atoms with Gasteiger partial charge in [0.1, 0.15) is 0 Å². The molecule has 0 radical (unpaired) electrons. The van der Waals surface area contributed by atoms with E-state index in [4.69, 9.17) is 4.52 Å². The Labute approximate surface area is 129 Å². The molecule has 2 heterocycles. The van der Waals surface area contributed by atoms with Crippen molar-refractivity contribution in [2.24, 2.45) is 5.41 Å². The first-order valence-corrected chi connectivity index (χ1v) is 8.15. The van der Waals surface area contributed by atoms with Crippen LogP contribution < -0.4 is 5.32 Å². The molecule has 1 aliphatic rings. The highest BCUT2D eigenvalue weighted by Gasteiger charge is 2.23. The van der Waals surface area contributed by atoms with Crippen molar-refractivity contribution in [1.82, 2.24) is 15.4 Å². The molecule has 1 aromatic heterocycles. The second-order valence-electron chi connectivity index (χ2n) is 8.18. The second-order valence-corrected chi connectivity index (χ2v) is 8.18. The molecule has 0 amide bonds. The van der Waals surface area contributed by atoms with Crippen LogP contribution in [0.3, 0.4) is 0 Å². The van der Waals surface area contributed by atoms with Crippen molar-refractivity contribution >= 4 is 0 Å². The zero-order valence-corrected chi connectivity index (χ0v) is 14.3. The smallest absolute Gasteiger partial charge is 0.151 e. The van der Waals surface area contributed by atoms with E-state index in [1.165, 1.54) is 25.8 Å². The summed E-state index contributed by atoms with van der Waals surface area (Å²) in [6, 6.07) is 2.09. The van der Waals surface area contributed by atoms with Gasteiger partial charge >= 0.3 is 0 Å². The van der Waals surface area contributed by atoms with Gasteiger partial charge in [0.15, 0.2) is 5.76 Å². The molecule has 1 aromatic rings. The minimum absolute atomic E-state index is 0.107. The van der Waals surface area contributed by atoms with Crippen molar-refractivity contribution in [2.75, 3.05) is 13.1 Å². The molecule has 1 fully saturated rings. The Kier molecular flexibility index (Phi) is 5.10. The lowest BCUT2D eigenvalue weighted by Crippen LogP contribution is -2.35. The fourth-order valence-electron chi connectivity index (χ4n) is 2.73. The standard InChI is InChI=1S/C17H31N3O/c1-16(2,3)18-12-14-11-15(21-19-14)13-20-9-6-7-17(4,5)8-10-20/h11,18H,6-10,12-13H2,1-5H3. The lowest BCUT2D eigenvalue weighted by Gasteiger charge is -2.22. The SMILES string of the molecule is CC1(C)CCCN(Cc2cc(CNC(C)(C)C)no2)CC1. The molecule has 0 aliphatic carbocycles. The van der Waals surface area contributed by atoms with Crippen LogP contribution in [0, 0.1) is 5.41 Å². The summed E-state index contributed by atoms with van der Waals surface area (Å²) in [6.07, 6.45) is 3.86. The number of hydrogen-bond donors (Lipinski definition) is 1. The zero-order valence-electron chi connectivity index (χ0n) is 14.3. The maximum Gasteiger partial charge on any atom is 0.151 e. The van der Waals surface area contributed by atoms with Crippen molar-refractivity contribution in [3.05, 3.63) is 17.5 Å². The summed E-state index contributed by atoms with van der Waals surface area (Å²) in [5, 5.41) is 7.61. The monoisotopic (exact) mass is 293 g/mol. The number of aromatic nitrogens is 1. The van der Waals surface area contributed by atoms with Crippen molar-refractivity contribution in [2.45, 2.75) is 72.5 Å². The molecular weight excluding hydrogens is 262 g/mol. The van der Waals surface area contributed by atoms with E-state index >= 15 is 0 Å². The molecule has 21 heavy (non-hydrogen) atoms. The minimum atomic E-state index is 0.107. The summed E-state index contributed by atoms with van der Waals surface area (Å²) in [7, 11) is 0. The van der Waals surface area contributed by atoms with Gasteiger partial charge in [0.05, 0.1) is 12.2 Å². The van der Waals surface area contributed by atoms with Gasteiger partial charge < -0.3 is 9.84 Å². The van der Waals surface area contributed by atoms with E-state index in [0.717, 1.165) is 31.1 Å². The van der Waals surface area contributed by atoms with Crippen LogP contribution in [0.2, 0.25) is 0 Å². The van der Waals surface area contributed by atoms with Crippen LogP contribution in [-0.2, 0) is 13.1 Å². The average molecular weight is 293 g/mol. The number of nitrogens with zero attached hydrogens (tertiary/aromatic N) is 2. The molecular formula is C17H31N3O. The summed E-state index contributed by atoms with van der Waals surface area (Å²) >= 11 is 0. The van der Waals surface area contributed by atoms with Crippen molar-refractivity contribution in [1.29, 1.82) is 0 Å². The quantitative estimate of drug-likeness (QED) is 0.921. The Bertz CT molecular complexity index is 445. The highest BCUT2D eigenvalue weighted by molar-refractivity contribution is 5.05. The van der Waals surface area contributed by atoms with Gasteiger partial charge in [-0.25, -0.2) is 0 Å². The molecule has 0 atom stereocenters. The van der Waals surface area contributed by atoms with Crippen molar-refractivity contribution < 1.29 is 4.52 Å². The molecule has 2 rings (SSSR count). The third kappa shape index (κ3) is 5.79. The van der Waals surface area contributed by atoms with Crippen LogP contribution in [0.4, 0.5) is 0 Å². The van der Waals surface area contributed by atoms with Crippen molar-refractivity contribution in [3.8, 4) is 0 Å². The van der Waals surface area contributed by atoms with E-state index < -0.39 is 0 Å². The largest absolute Gasteiger partial charge is 0.360 e. The molecule has 1 N–H and O–H groups in total. The number of hydrogen-bond acceptors (Lipinski definition) is 4. The molecule has 0 saturated carbocycles. The van der Waals surface area contributed by atoms with Gasteiger partial charge in [-0.2, -0.15) is 0 Å². The third-order valence-electron chi connectivity index (χ3n) is 4.22. The van der Waals surface area contributed by atoms with Gasteiger partial charge in [-0.3, -0.25) is 4.90 Å². The Hall–Kier alpha value is -0.870. The van der Waals surface area contributed by atoms with E-state index in [0.29, 0.717) is 5.41 Å². The van der Waals surface area contributed by atoms with E-state index in [-0.39, 0.29) is 5.54 Å². The van der Waals surface area contributed by atoms with Crippen LogP contribution in [-0.4, -0.2) is 28.7 Å². The predicted molar refractivity (Wildman–Crippen MR) is 86.0 cm³/mol. The summed E-state index contributed by atoms with van der Waals surface area (Å²) in [6.45, 7) is 15.2. The fourth-order valence-corrected chi connectivity index (χ4v) is 2.73. The minimum Gasteiger partial charge on any atom is -0.360 e. The average Bonchev–Trinajstić information content (AvgIpc) is 2.73. The van der Waals surface area contributed by atoms with Crippen molar-refractivity contribution in [3.63, 3.8) is 0 Å². The van der Waals surface area contributed by atoms with E-state index in [9.17, 15) is 0 Å². The first-order valence-electron chi connectivity index (χ1n) is 8.15. The molecule has 120 valence electrons. The summed E-state index contributed by atoms with van der Waals surface area (Å²) in [5.74, 6) is 0.986. The molecule has 1 aliphatic heterocycles. The van der Waals surface area contributed by atoms with Gasteiger partial charge in [-0.1, -0.05) is 19.0 Å². The maximum absolute atomic E-state index is 5.49. The van der Waals surface area contributed by atoms with E-state index in [2.05, 4.69) is 56.1 Å². The first kappa shape index (κ1) is 16.5. The Morgan fingerprint density at radius 2 is 2.05 bits per heavy atom. The molecule has 4 nitrogen and oxygen atoms in total. The van der Waals surface area contributed by atoms with Crippen LogP contribution >= 0.6 is 0 Å². The molecule has 0 spiro atoms. The lowest BCUT2D eigenvalue weighted by atomic mass is 9.85. The topological polar surface area (TPSA) is 41.3 Å². The van der Waals surface area contributed by atoms with Crippen LogP contribution in [0.25, 0.3) is 0 Å². The van der Waals surface area contributed by atoms with Gasteiger partial charge in [-0.05, 0) is 58.5 Å². The Morgan fingerprint density at radius 3 is 2.76 bits per heavy atom. The van der Waals surface area contributed by atoms with Crippen LogP contribution in [0.5, 0.6) is 0 Å². The second kappa shape index (κ2) is 6.49. The van der Waals surface area contributed by atoms with Crippen LogP contribution in [0.15, 0.2) is 10.6 Å². The summed E-state index contributed by atoms with van der Waals surface area (Å²) < 4.78 is 5.49. The highest BCUT2D eigenvalue weighted by atomic mass is 16.5. The number of likely N-dealkylation sites (tertiary alicyclic amines) is 1. The lowest BCUT2D eigenvalue weighted by molar-refractivity contribution is 0.227. The number of rotatable bonds is 4. The molecule has 0 bridgehead atoms. The molecule has 4 heteroatoms. The molecule has 1 saturated heterocycles. The van der Waals surface area contributed by atoms with E-state index in [1.807, 2.05) is 0 Å². The summed E-state index contributed by atoms with van der Waals surface area (Å²) in [4.78, 5) is 2.50. The normalized spacial score (nSPS) is 20.4. The summed E-state index contributed by atoms with van der Waals surface area (Å²) in [5.41, 5.74) is 1.59. The highest BCUT2D eigenvalue weighted by Crippen LogP contribution is 2.30. The Morgan fingerprint density at radius 1 is 1.29 bits per heavy atom. The molecule has 0 unspecified atom stereocenters.